The largest absolute Gasteiger partial charge is 0.356 e. The predicted octanol–water partition coefficient (Wildman–Crippen LogP) is 2.53. The molecular weight excluding hydrogens is 358 g/mol. The summed E-state index contributed by atoms with van der Waals surface area (Å²) in [6.45, 7) is 5.68. The third-order valence-electron chi connectivity index (χ3n) is 4.66. The number of carbonyl (C=O) groups excluding carboxylic acids is 1. The Kier molecular flexibility index (Phi) is 6.45. The van der Waals surface area contributed by atoms with E-state index in [1.54, 1.807) is 18.4 Å². The van der Waals surface area contributed by atoms with Crippen LogP contribution in [0, 0.1) is 6.92 Å². The highest BCUT2D eigenvalue weighted by Gasteiger charge is 2.30. The lowest BCUT2D eigenvalue weighted by molar-refractivity contribution is -0.117. The Balaban J connectivity index is 1.49. The number of aryl methyl sites for hydroxylation is 2. The van der Waals surface area contributed by atoms with Gasteiger partial charge in [-0.3, -0.25) is 9.79 Å². The van der Waals surface area contributed by atoms with Gasteiger partial charge in [-0.15, -0.1) is 11.3 Å². The van der Waals surface area contributed by atoms with Gasteiger partial charge in [0.15, 0.2) is 5.96 Å². The lowest BCUT2D eigenvalue weighted by atomic mass is 10.2. The number of aromatic nitrogens is 1. The molecule has 1 amide bonds. The highest BCUT2D eigenvalue weighted by atomic mass is 32.1. The van der Waals surface area contributed by atoms with E-state index in [9.17, 15) is 4.79 Å². The van der Waals surface area contributed by atoms with Crippen LogP contribution in [0.3, 0.4) is 0 Å². The van der Waals surface area contributed by atoms with Crippen LogP contribution in [0.2, 0.25) is 0 Å². The van der Waals surface area contributed by atoms with Crippen molar-refractivity contribution < 1.29 is 4.79 Å². The van der Waals surface area contributed by atoms with E-state index in [-0.39, 0.29) is 11.9 Å². The molecule has 3 rings (SSSR count). The van der Waals surface area contributed by atoms with Gasteiger partial charge in [0.25, 0.3) is 0 Å². The molecule has 0 radical (unpaired) electrons. The van der Waals surface area contributed by atoms with Gasteiger partial charge in [-0.2, -0.15) is 0 Å². The van der Waals surface area contributed by atoms with Gasteiger partial charge in [-0.05, 0) is 25.5 Å². The number of carbonyl (C=O) groups is 1. The third kappa shape index (κ3) is 4.86. The van der Waals surface area contributed by atoms with E-state index in [2.05, 4.69) is 34.5 Å². The number of nitrogens with one attached hydrogen (secondary N) is 2. The summed E-state index contributed by atoms with van der Waals surface area (Å²) in [4.78, 5) is 24.4. The number of hydrogen-bond donors (Lipinski definition) is 2. The fraction of sp³-hybridized carbons (Fsp3) is 0.450. The Morgan fingerprint density at radius 2 is 2.15 bits per heavy atom. The average Bonchev–Trinajstić information content (AvgIpc) is 3.23. The van der Waals surface area contributed by atoms with E-state index < -0.39 is 0 Å². The fourth-order valence-electron chi connectivity index (χ4n) is 3.26. The Bertz CT molecular complexity index is 802. The summed E-state index contributed by atoms with van der Waals surface area (Å²) in [5.41, 5.74) is 2.14. The van der Waals surface area contributed by atoms with Crippen LogP contribution in [0.1, 0.15) is 28.9 Å². The van der Waals surface area contributed by atoms with E-state index in [1.807, 2.05) is 35.2 Å². The minimum Gasteiger partial charge on any atom is -0.356 e. The normalized spacial score (nSPS) is 17.4. The van der Waals surface area contributed by atoms with Crippen LogP contribution in [0.5, 0.6) is 0 Å². The lowest BCUT2D eigenvalue weighted by Gasteiger charge is -2.18. The van der Waals surface area contributed by atoms with Crippen molar-refractivity contribution in [3.05, 3.63) is 45.9 Å². The van der Waals surface area contributed by atoms with Crippen molar-refractivity contribution in [3.8, 4) is 0 Å². The summed E-state index contributed by atoms with van der Waals surface area (Å²) in [6, 6.07) is 9.85. The summed E-state index contributed by atoms with van der Waals surface area (Å²) in [7, 11) is 1.75. The van der Waals surface area contributed by atoms with Crippen molar-refractivity contribution in [2.75, 3.05) is 25.0 Å². The average molecular weight is 386 g/mol. The maximum Gasteiger partial charge on any atom is 0.229 e. The standard InChI is InChI=1S/C20H27N5OS/c1-4-17-14(2)27-18(24-17)10-11-22-20(21-3)23-15-12-19(26)25(13-15)16-8-6-5-7-9-16/h5-9,15H,4,10-13H2,1-3H3,(H2,21,22,23). The van der Waals surface area contributed by atoms with Crippen molar-refractivity contribution in [1.82, 2.24) is 15.6 Å². The molecule has 0 bridgehead atoms. The molecule has 0 saturated carbocycles. The number of amides is 1. The van der Waals surface area contributed by atoms with E-state index in [1.165, 1.54) is 10.6 Å². The van der Waals surface area contributed by atoms with Crippen LogP contribution in [0.25, 0.3) is 0 Å². The fourth-order valence-corrected chi connectivity index (χ4v) is 4.28. The van der Waals surface area contributed by atoms with E-state index in [0.717, 1.165) is 36.0 Å². The number of anilines is 1. The monoisotopic (exact) mass is 385 g/mol. The number of guanidine groups is 1. The number of hydrogen-bond acceptors (Lipinski definition) is 4. The van der Waals surface area contributed by atoms with Crippen LogP contribution in [-0.2, 0) is 17.6 Å². The zero-order valence-corrected chi connectivity index (χ0v) is 17.0. The van der Waals surface area contributed by atoms with E-state index in [4.69, 9.17) is 0 Å². The zero-order chi connectivity index (χ0) is 19.2. The zero-order valence-electron chi connectivity index (χ0n) is 16.2. The molecule has 1 fully saturated rings. The Morgan fingerprint density at radius 1 is 1.37 bits per heavy atom. The molecule has 2 aromatic rings. The molecule has 1 saturated heterocycles. The quantitative estimate of drug-likeness (QED) is 0.592. The molecule has 0 aliphatic carbocycles. The molecule has 1 aromatic heterocycles. The van der Waals surface area contributed by atoms with Gasteiger partial charge in [0, 0.05) is 43.5 Å². The molecule has 2 N–H and O–H groups in total. The molecule has 1 aliphatic rings. The van der Waals surface area contributed by atoms with Crippen LogP contribution < -0.4 is 15.5 Å². The van der Waals surface area contributed by atoms with Gasteiger partial charge in [0.2, 0.25) is 5.91 Å². The van der Waals surface area contributed by atoms with E-state index >= 15 is 0 Å². The summed E-state index contributed by atoms with van der Waals surface area (Å²) in [5.74, 6) is 0.867. The molecule has 2 heterocycles. The Hall–Kier alpha value is -2.41. The number of thiazole rings is 1. The second kappa shape index (κ2) is 8.99. The van der Waals surface area contributed by atoms with Crippen molar-refractivity contribution in [2.24, 2.45) is 4.99 Å². The topological polar surface area (TPSA) is 69.6 Å². The number of para-hydroxylation sites is 1. The second-order valence-electron chi connectivity index (χ2n) is 6.60. The number of aliphatic imine (C=N–C) groups is 1. The predicted molar refractivity (Wildman–Crippen MR) is 112 cm³/mol. The second-order valence-corrected chi connectivity index (χ2v) is 7.89. The Morgan fingerprint density at radius 3 is 2.81 bits per heavy atom. The molecule has 1 aliphatic heterocycles. The molecule has 0 spiro atoms. The first-order valence-corrected chi connectivity index (χ1v) is 10.2. The number of benzene rings is 1. The van der Waals surface area contributed by atoms with Gasteiger partial charge < -0.3 is 15.5 Å². The van der Waals surface area contributed by atoms with E-state index in [0.29, 0.717) is 13.0 Å². The highest BCUT2D eigenvalue weighted by molar-refractivity contribution is 7.11. The molecule has 27 heavy (non-hydrogen) atoms. The minimum absolute atomic E-state index is 0.0534. The molecule has 1 aromatic carbocycles. The smallest absolute Gasteiger partial charge is 0.229 e. The summed E-state index contributed by atoms with van der Waals surface area (Å²) >= 11 is 1.77. The van der Waals surface area contributed by atoms with Crippen molar-refractivity contribution in [2.45, 2.75) is 39.2 Å². The third-order valence-corrected chi connectivity index (χ3v) is 5.73. The number of rotatable bonds is 6. The summed E-state index contributed by atoms with van der Waals surface area (Å²) in [6.07, 6.45) is 2.32. The van der Waals surface area contributed by atoms with Crippen LogP contribution in [0.4, 0.5) is 5.69 Å². The first-order valence-electron chi connectivity index (χ1n) is 9.38. The number of nitrogens with zero attached hydrogens (tertiary/aromatic N) is 3. The van der Waals surface area contributed by atoms with Gasteiger partial charge in [-0.25, -0.2) is 4.98 Å². The molecule has 144 valence electrons. The van der Waals surface area contributed by atoms with Gasteiger partial charge >= 0.3 is 0 Å². The first kappa shape index (κ1) is 19.4. The summed E-state index contributed by atoms with van der Waals surface area (Å²) in [5, 5.41) is 7.86. The van der Waals surface area contributed by atoms with Crippen molar-refractivity contribution >= 4 is 28.9 Å². The van der Waals surface area contributed by atoms with Gasteiger partial charge in [0.05, 0.1) is 16.7 Å². The van der Waals surface area contributed by atoms with Crippen LogP contribution in [0.15, 0.2) is 35.3 Å². The summed E-state index contributed by atoms with van der Waals surface area (Å²) < 4.78 is 0. The lowest BCUT2D eigenvalue weighted by Crippen LogP contribution is -2.45. The molecule has 7 heteroatoms. The maximum absolute atomic E-state index is 12.3. The molecular formula is C20H27N5OS. The molecule has 1 unspecified atom stereocenters. The van der Waals surface area contributed by atoms with Crippen molar-refractivity contribution in [1.29, 1.82) is 0 Å². The van der Waals surface area contributed by atoms with Gasteiger partial charge in [0.1, 0.15) is 0 Å². The maximum atomic E-state index is 12.3. The first-order chi connectivity index (χ1) is 13.1. The minimum atomic E-state index is 0.0534. The van der Waals surface area contributed by atoms with Crippen LogP contribution >= 0.6 is 11.3 Å². The highest BCUT2D eigenvalue weighted by Crippen LogP contribution is 2.21. The van der Waals surface area contributed by atoms with Gasteiger partial charge in [-0.1, -0.05) is 25.1 Å². The molecule has 6 nitrogen and oxygen atoms in total. The Labute approximate surface area is 164 Å². The van der Waals surface area contributed by atoms with Crippen molar-refractivity contribution in [3.63, 3.8) is 0 Å². The SMILES string of the molecule is CCc1nc(CCNC(=NC)NC2CC(=O)N(c3ccccc3)C2)sc1C. The molecule has 1 atom stereocenters. The van der Waals surface area contributed by atoms with Crippen LogP contribution in [-0.4, -0.2) is 43.0 Å².